The molecule has 1 heterocycles. The topological polar surface area (TPSA) is 77.2 Å². The molecule has 1 atom stereocenters. The fourth-order valence-electron chi connectivity index (χ4n) is 3.03. The van der Waals surface area contributed by atoms with Crippen molar-refractivity contribution in [2.45, 2.75) is 19.4 Å². The minimum absolute atomic E-state index is 0.291. The molecule has 4 rings (SSSR count). The van der Waals surface area contributed by atoms with Crippen LogP contribution in [0.4, 0.5) is 5.69 Å². The van der Waals surface area contributed by atoms with Gasteiger partial charge in [0, 0.05) is 5.56 Å². The molecule has 0 spiro atoms. The van der Waals surface area contributed by atoms with E-state index < -0.39 is 6.10 Å². The highest BCUT2D eigenvalue weighted by Crippen LogP contribution is 2.32. The summed E-state index contributed by atoms with van der Waals surface area (Å²) < 4.78 is 11.9. The van der Waals surface area contributed by atoms with E-state index in [0.717, 1.165) is 5.56 Å². The van der Waals surface area contributed by atoms with Gasteiger partial charge in [-0.15, -0.1) is 10.2 Å². The van der Waals surface area contributed by atoms with Gasteiger partial charge in [-0.25, -0.2) is 0 Å². The Morgan fingerprint density at radius 2 is 1.65 bits per heavy atom. The van der Waals surface area contributed by atoms with Crippen LogP contribution in [0.15, 0.2) is 83.3 Å². The van der Waals surface area contributed by atoms with E-state index >= 15 is 0 Å². The first-order valence-corrected chi connectivity index (χ1v) is 10.2. The average molecular weight is 434 g/mol. The van der Waals surface area contributed by atoms with Crippen molar-refractivity contribution >= 4 is 23.2 Å². The Bertz CT molecular complexity index is 1180. The van der Waals surface area contributed by atoms with Crippen LogP contribution in [0.1, 0.15) is 13.3 Å². The molecule has 0 aliphatic heterocycles. The summed E-state index contributed by atoms with van der Waals surface area (Å²) in [4.78, 5) is 12.8. The number of nitrogens with zero attached hydrogens (tertiary/aromatic N) is 2. The lowest BCUT2D eigenvalue weighted by Gasteiger charge is -2.19. The molecule has 1 N–H and O–H groups in total. The molecule has 6 nitrogen and oxygen atoms in total. The summed E-state index contributed by atoms with van der Waals surface area (Å²) in [6.07, 6.45) is -0.266. The van der Waals surface area contributed by atoms with Gasteiger partial charge in [0.2, 0.25) is 5.89 Å². The Labute approximate surface area is 184 Å². The zero-order valence-corrected chi connectivity index (χ0v) is 17.5. The third-order valence-electron chi connectivity index (χ3n) is 4.63. The quantitative estimate of drug-likeness (QED) is 0.395. The van der Waals surface area contributed by atoms with Crippen molar-refractivity contribution in [1.82, 2.24) is 10.2 Å². The predicted molar refractivity (Wildman–Crippen MR) is 120 cm³/mol. The summed E-state index contributed by atoms with van der Waals surface area (Å²) in [5, 5.41) is 11.6. The number of nitrogens with one attached hydrogen (secondary N) is 1. The number of carbonyl (C=O) groups is 1. The number of anilines is 1. The second-order valence-electron chi connectivity index (χ2n) is 6.76. The molecule has 1 unspecified atom stereocenters. The lowest BCUT2D eigenvalue weighted by atomic mass is 10.2. The zero-order chi connectivity index (χ0) is 21.6. The highest BCUT2D eigenvalue weighted by Gasteiger charge is 2.22. The van der Waals surface area contributed by atoms with Crippen molar-refractivity contribution in [3.05, 3.63) is 83.9 Å². The molecule has 3 aromatic carbocycles. The molecular weight excluding hydrogens is 414 g/mol. The maximum absolute atomic E-state index is 12.8. The predicted octanol–water partition coefficient (Wildman–Crippen LogP) is 5.85. The maximum Gasteiger partial charge on any atom is 0.265 e. The van der Waals surface area contributed by atoms with Gasteiger partial charge >= 0.3 is 0 Å². The number of benzene rings is 3. The van der Waals surface area contributed by atoms with Gasteiger partial charge in [-0.1, -0.05) is 61.0 Å². The number of hydrogen-bond donors (Lipinski definition) is 1. The van der Waals surface area contributed by atoms with Gasteiger partial charge in [0.1, 0.15) is 5.75 Å². The molecule has 1 amide bonds. The minimum Gasteiger partial charge on any atom is -0.480 e. The van der Waals surface area contributed by atoms with Crippen LogP contribution in [0.2, 0.25) is 5.02 Å². The van der Waals surface area contributed by atoms with Crippen LogP contribution in [0.5, 0.6) is 5.75 Å². The van der Waals surface area contributed by atoms with Gasteiger partial charge in [0.05, 0.1) is 16.3 Å². The SMILES string of the molecule is CCC(Oc1ccccc1-c1nnc(-c2ccccc2)o1)C(=O)Nc1ccccc1Cl. The lowest BCUT2D eigenvalue weighted by Crippen LogP contribution is -2.32. The summed E-state index contributed by atoms with van der Waals surface area (Å²) in [6, 6.07) is 23.8. The first-order chi connectivity index (χ1) is 15.2. The minimum atomic E-state index is -0.728. The molecule has 7 heteroatoms. The van der Waals surface area contributed by atoms with E-state index in [9.17, 15) is 4.79 Å². The fourth-order valence-corrected chi connectivity index (χ4v) is 3.21. The van der Waals surface area contributed by atoms with Gasteiger partial charge in [0.25, 0.3) is 11.8 Å². The molecule has 0 saturated heterocycles. The van der Waals surface area contributed by atoms with Crippen molar-refractivity contribution in [3.8, 4) is 28.7 Å². The monoisotopic (exact) mass is 433 g/mol. The van der Waals surface area contributed by atoms with E-state index in [0.29, 0.717) is 40.2 Å². The molecule has 0 aliphatic rings. The normalized spacial score (nSPS) is 11.7. The molecule has 1 aromatic heterocycles. The highest BCUT2D eigenvalue weighted by atomic mass is 35.5. The Balaban J connectivity index is 1.56. The summed E-state index contributed by atoms with van der Waals surface area (Å²) in [5.41, 5.74) is 1.97. The summed E-state index contributed by atoms with van der Waals surface area (Å²) >= 11 is 6.15. The number of rotatable bonds is 7. The number of carbonyl (C=O) groups excluding carboxylic acids is 1. The third-order valence-corrected chi connectivity index (χ3v) is 4.96. The van der Waals surface area contributed by atoms with Crippen molar-refractivity contribution in [1.29, 1.82) is 0 Å². The van der Waals surface area contributed by atoms with E-state index in [4.69, 9.17) is 20.8 Å². The Hall–Kier alpha value is -3.64. The van der Waals surface area contributed by atoms with Crippen LogP contribution in [0.25, 0.3) is 22.9 Å². The number of amides is 1. The largest absolute Gasteiger partial charge is 0.480 e. The number of halogens is 1. The molecule has 0 saturated carbocycles. The fraction of sp³-hybridized carbons (Fsp3) is 0.125. The van der Waals surface area contributed by atoms with E-state index in [1.807, 2.05) is 55.5 Å². The van der Waals surface area contributed by atoms with Gasteiger partial charge in [-0.3, -0.25) is 4.79 Å². The van der Waals surface area contributed by atoms with Crippen LogP contribution in [-0.4, -0.2) is 22.2 Å². The molecule has 156 valence electrons. The lowest BCUT2D eigenvalue weighted by molar-refractivity contribution is -0.122. The standard InChI is InChI=1S/C24H20ClN3O3/c1-2-20(22(29)26-19-14-8-7-13-18(19)25)30-21-15-9-6-12-17(21)24-28-27-23(31-24)16-10-4-3-5-11-16/h3-15,20H,2H2,1H3,(H,26,29). The second-order valence-corrected chi connectivity index (χ2v) is 7.17. The van der Waals surface area contributed by atoms with E-state index in [-0.39, 0.29) is 5.91 Å². The van der Waals surface area contributed by atoms with Crippen LogP contribution < -0.4 is 10.1 Å². The van der Waals surface area contributed by atoms with Crippen molar-refractivity contribution in [2.75, 3.05) is 5.32 Å². The van der Waals surface area contributed by atoms with Crippen LogP contribution in [-0.2, 0) is 4.79 Å². The van der Waals surface area contributed by atoms with Crippen LogP contribution >= 0.6 is 11.6 Å². The maximum atomic E-state index is 12.8. The number of para-hydroxylation sites is 2. The summed E-state index contributed by atoms with van der Waals surface area (Å²) in [6.45, 7) is 1.87. The van der Waals surface area contributed by atoms with Crippen molar-refractivity contribution in [3.63, 3.8) is 0 Å². The van der Waals surface area contributed by atoms with Crippen molar-refractivity contribution in [2.24, 2.45) is 0 Å². The first-order valence-electron chi connectivity index (χ1n) is 9.86. The summed E-state index contributed by atoms with van der Waals surface area (Å²) in [7, 11) is 0. The Morgan fingerprint density at radius 3 is 2.42 bits per heavy atom. The zero-order valence-electron chi connectivity index (χ0n) is 16.8. The second kappa shape index (κ2) is 9.45. The molecule has 0 aliphatic carbocycles. The Kier molecular flexibility index (Phi) is 6.29. The molecule has 4 aromatic rings. The van der Waals surface area contributed by atoms with Gasteiger partial charge in [-0.2, -0.15) is 0 Å². The third kappa shape index (κ3) is 4.75. The molecule has 0 radical (unpaired) electrons. The number of ether oxygens (including phenoxy) is 1. The molecular formula is C24H20ClN3O3. The van der Waals surface area contributed by atoms with Gasteiger partial charge < -0.3 is 14.5 Å². The van der Waals surface area contributed by atoms with E-state index in [1.165, 1.54) is 0 Å². The Morgan fingerprint density at radius 1 is 0.968 bits per heavy atom. The molecule has 0 fully saturated rings. The molecule has 0 bridgehead atoms. The van der Waals surface area contributed by atoms with Crippen LogP contribution in [0.3, 0.4) is 0 Å². The van der Waals surface area contributed by atoms with Crippen molar-refractivity contribution < 1.29 is 13.9 Å². The number of hydrogen-bond acceptors (Lipinski definition) is 5. The van der Waals surface area contributed by atoms with Crippen LogP contribution in [0, 0.1) is 0 Å². The van der Waals surface area contributed by atoms with Gasteiger partial charge in [-0.05, 0) is 42.8 Å². The smallest absolute Gasteiger partial charge is 0.265 e. The van der Waals surface area contributed by atoms with E-state index in [2.05, 4.69) is 15.5 Å². The van der Waals surface area contributed by atoms with E-state index in [1.54, 1.807) is 30.3 Å². The van der Waals surface area contributed by atoms with Gasteiger partial charge in [0.15, 0.2) is 6.10 Å². The average Bonchev–Trinajstić information content (AvgIpc) is 3.30. The number of aromatic nitrogens is 2. The first kappa shape index (κ1) is 20.6. The highest BCUT2D eigenvalue weighted by molar-refractivity contribution is 6.33. The summed E-state index contributed by atoms with van der Waals surface area (Å²) in [5.74, 6) is 0.914. The molecule has 31 heavy (non-hydrogen) atoms.